The second-order valence-corrected chi connectivity index (χ2v) is 6.30. The molecule has 0 saturated carbocycles. The second kappa shape index (κ2) is 6.57. The van der Waals surface area contributed by atoms with Crippen LogP contribution in [0, 0.1) is 10.1 Å². The summed E-state index contributed by atoms with van der Waals surface area (Å²) in [5, 5.41) is 11.2. The fourth-order valence-electron chi connectivity index (χ4n) is 2.51. The van der Waals surface area contributed by atoms with Gasteiger partial charge >= 0.3 is 5.97 Å². The van der Waals surface area contributed by atoms with Gasteiger partial charge in [-0.1, -0.05) is 23.2 Å². The molecule has 2 aliphatic rings. The van der Waals surface area contributed by atoms with Crippen molar-refractivity contribution in [2.45, 2.75) is 0 Å². The van der Waals surface area contributed by atoms with E-state index in [-0.39, 0.29) is 34.7 Å². The van der Waals surface area contributed by atoms with Crippen LogP contribution in [0.25, 0.3) is 6.08 Å². The molecule has 0 bridgehead atoms. The molecule has 2 aliphatic heterocycles. The van der Waals surface area contributed by atoms with Gasteiger partial charge in [-0.2, -0.15) is 0 Å². The highest BCUT2D eigenvalue weighted by Crippen LogP contribution is 2.38. The molecule has 0 radical (unpaired) electrons. The fraction of sp³-hybridized carbons (Fsp3) is 0.0588. The maximum atomic E-state index is 12.1. The zero-order chi connectivity index (χ0) is 19.1. The number of nitrogens with zero attached hydrogens (tertiary/aromatic N) is 2. The number of hydrogen-bond acceptors (Lipinski definition) is 7. The number of halogens is 2. The third-order valence-corrected chi connectivity index (χ3v) is 4.44. The number of nitro groups is 1. The largest absolute Gasteiger partial charge is 0.454 e. The van der Waals surface area contributed by atoms with Gasteiger partial charge in [0.25, 0.3) is 5.69 Å². The molecule has 0 N–H and O–H groups in total. The third kappa shape index (κ3) is 3.20. The smallest absolute Gasteiger partial charge is 0.363 e. The zero-order valence-corrected chi connectivity index (χ0v) is 14.8. The van der Waals surface area contributed by atoms with Gasteiger partial charge < -0.3 is 14.2 Å². The van der Waals surface area contributed by atoms with Crippen molar-refractivity contribution in [1.82, 2.24) is 0 Å². The van der Waals surface area contributed by atoms with E-state index in [1.807, 2.05) is 0 Å². The Morgan fingerprint density at radius 3 is 2.56 bits per heavy atom. The molecule has 0 spiro atoms. The summed E-state index contributed by atoms with van der Waals surface area (Å²) in [5.74, 6) is 0.259. The Labute approximate surface area is 161 Å². The van der Waals surface area contributed by atoms with Crippen molar-refractivity contribution in [1.29, 1.82) is 0 Å². The molecule has 0 fully saturated rings. The van der Waals surface area contributed by atoms with Gasteiger partial charge in [-0.3, -0.25) is 10.1 Å². The average Bonchev–Trinajstić information content (AvgIpc) is 3.21. The topological polar surface area (TPSA) is 100 Å². The van der Waals surface area contributed by atoms with Crippen molar-refractivity contribution in [2.24, 2.45) is 4.99 Å². The Morgan fingerprint density at radius 2 is 1.85 bits per heavy atom. The molecule has 27 heavy (non-hydrogen) atoms. The number of hydrogen-bond donors (Lipinski definition) is 0. The quantitative estimate of drug-likeness (QED) is 0.330. The zero-order valence-electron chi connectivity index (χ0n) is 13.3. The van der Waals surface area contributed by atoms with Crippen molar-refractivity contribution < 1.29 is 23.9 Å². The first-order valence-electron chi connectivity index (χ1n) is 7.48. The van der Waals surface area contributed by atoms with Gasteiger partial charge in [-0.15, -0.1) is 0 Å². The van der Waals surface area contributed by atoms with E-state index in [2.05, 4.69) is 4.99 Å². The molecule has 10 heteroatoms. The van der Waals surface area contributed by atoms with Crippen LogP contribution < -0.4 is 9.47 Å². The van der Waals surface area contributed by atoms with Crippen LogP contribution in [0.3, 0.4) is 0 Å². The number of esters is 1. The first kappa shape index (κ1) is 17.3. The van der Waals surface area contributed by atoms with Crippen LogP contribution in [-0.2, 0) is 9.53 Å². The number of non-ortho nitro benzene ring substituents is 1. The Balaban J connectivity index is 1.70. The molecule has 0 amide bonds. The number of rotatable bonds is 3. The second-order valence-electron chi connectivity index (χ2n) is 5.48. The van der Waals surface area contributed by atoms with E-state index < -0.39 is 10.9 Å². The number of ether oxygens (including phenoxy) is 3. The van der Waals surface area contributed by atoms with Gasteiger partial charge in [-0.25, -0.2) is 9.79 Å². The summed E-state index contributed by atoms with van der Waals surface area (Å²) >= 11 is 12.2. The molecular formula is C17H8Cl2N2O6. The summed E-state index contributed by atoms with van der Waals surface area (Å²) in [6.45, 7) is 0.0919. The van der Waals surface area contributed by atoms with E-state index in [4.69, 9.17) is 37.4 Å². The molecule has 2 aromatic rings. The van der Waals surface area contributed by atoms with Crippen molar-refractivity contribution in [2.75, 3.05) is 6.79 Å². The Morgan fingerprint density at radius 1 is 1.11 bits per heavy atom. The number of carbonyl (C=O) groups is 1. The summed E-state index contributed by atoms with van der Waals surface area (Å²) in [5.41, 5.74) is 0.570. The lowest BCUT2D eigenvalue weighted by Gasteiger charge is -2.02. The molecule has 8 nitrogen and oxygen atoms in total. The monoisotopic (exact) mass is 406 g/mol. The molecule has 2 aromatic carbocycles. The highest BCUT2D eigenvalue weighted by Gasteiger charge is 2.27. The predicted octanol–water partition coefficient (Wildman–Crippen LogP) is 3.97. The van der Waals surface area contributed by atoms with Crippen molar-refractivity contribution in [3.63, 3.8) is 0 Å². The molecule has 0 unspecified atom stereocenters. The first-order chi connectivity index (χ1) is 12.9. The standard InChI is InChI=1S/C17H8Cl2N2O6/c18-11-6-15-14(25-7-26-15)4-8(11)3-13-17(22)27-16(20-13)10-2-1-9(21(23)24)5-12(10)19/h1-6H,7H2/b13-3-. The van der Waals surface area contributed by atoms with Crippen LogP contribution in [0.5, 0.6) is 11.5 Å². The molecular weight excluding hydrogens is 399 g/mol. The molecule has 0 aliphatic carbocycles. The minimum atomic E-state index is -0.701. The Hall–Kier alpha value is -3.10. The fourth-order valence-corrected chi connectivity index (χ4v) is 2.97. The minimum absolute atomic E-state index is 0.000171. The lowest BCUT2D eigenvalue weighted by molar-refractivity contribution is -0.384. The van der Waals surface area contributed by atoms with E-state index >= 15 is 0 Å². The van der Waals surface area contributed by atoms with Gasteiger partial charge in [0.1, 0.15) is 0 Å². The van der Waals surface area contributed by atoms with Crippen LogP contribution in [-0.4, -0.2) is 23.6 Å². The van der Waals surface area contributed by atoms with Gasteiger partial charge in [0.2, 0.25) is 12.7 Å². The lowest BCUT2D eigenvalue weighted by Crippen LogP contribution is -2.06. The van der Waals surface area contributed by atoms with Crippen molar-refractivity contribution >= 4 is 46.8 Å². The van der Waals surface area contributed by atoms with Crippen LogP contribution >= 0.6 is 23.2 Å². The summed E-state index contributed by atoms with van der Waals surface area (Å²) in [4.78, 5) is 26.5. The number of cyclic esters (lactones) is 1. The summed E-state index contributed by atoms with van der Waals surface area (Å²) < 4.78 is 15.7. The van der Waals surface area contributed by atoms with Crippen LogP contribution in [0.2, 0.25) is 10.0 Å². The van der Waals surface area contributed by atoms with E-state index in [1.165, 1.54) is 18.2 Å². The Bertz CT molecular complexity index is 1060. The maximum absolute atomic E-state index is 12.1. The number of fused-ring (bicyclic) bond motifs is 1. The maximum Gasteiger partial charge on any atom is 0.363 e. The third-order valence-electron chi connectivity index (χ3n) is 3.80. The average molecular weight is 407 g/mol. The normalized spacial score (nSPS) is 16.4. The summed E-state index contributed by atoms with van der Waals surface area (Å²) in [6, 6.07) is 6.96. The highest BCUT2D eigenvalue weighted by molar-refractivity contribution is 6.35. The van der Waals surface area contributed by atoms with E-state index in [0.717, 1.165) is 6.07 Å². The molecule has 2 heterocycles. The lowest BCUT2D eigenvalue weighted by atomic mass is 10.1. The summed E-state index contributed by atoms with van der Waals surface area (Å²) in [6.07, 6.45) is 1.44. The Kier molecular flexibility index (Phi) is 4.21. The number of carbonyl (C=O) groups excluding carboxylic acids is 1. The van der Waals surface area contributed by atoms with E-state index in [0.29, 0.717) is 22.1 Å². The van der Waals surface area contributed by atoms with Gasteiger partial charge in [0.15, 0.2) is 17.2 Å². The summed E-state index contributed by atoms with van der Waals surface area (Å²) in [7, 11) is 0. The van der Waals surface area contributed by atoms with Gasteiger partial charge in [0, 0.05) is 18.2 Å². The molecule has 0 aromatic heterocycles. The molecule has 0 saturated heterocycles. The van der Waals surface area contributed by atoms with Gasteiger partial charge in [-0.05, 0) is 23.8 Å². The number of aliphatic imine (C=N–C) groups is 1. The predicted molar refractivity (Wildman–Crippen MR) is 96.3 cm³/mol. The molecule has 4 rings (SSSR count). The number of nitro benzene ring substituents is 1. The SMILES string of the molecule is O=C1OC(c2ccc([N+](=O)[O-])cc2Cl)=N/C1=C\c1cc2c(cc1Cl)OCO2. The molecule has 136 valence electrons. The van der Waals surface area contributed by atoms with Crippen LogP contribution in [0.4, 0.5) is 5.69 Å². The van der Waals surface area contributed by atoms with Crippen LogP contribution in [0.1, 0.15) is 11.1 Å². The number of benzene rings is 2. The minimum Gasteiger partial charge on any atom is -0.454 e. The first-order valence-corrected chi connectivity index (χ1v) is 8.24. The van der Waals surface area contributed by atoms with E-state index in [1.54, 1.807) is 12.1 Å². The van der Waals surface area contributed by atoms with E-state index in [9.17, 15) is 14.9 Å². The van der Waals surface area contributed by atoms with Crippen molar-refractivity contribution in [3.05, 3.63) is 67.3 Å². The van der Waals surface area contributed by atoms with Crippen LogP contribution in [0.15, 0.2) is 41.0 Å². The van der Waals surface area contributed by atoms with Crippen molar-refractivity contribution in [3.8, 4) is 11.5 Å². The molecule has 0 atom stereocenters. The highest BCUT2D eigenvalue weighted by atomic mass is 35.5. The van der Waals surface area contributed by atoms with Gasteiger partial charge in [0.05, 0.1) is 20.5 Å².